The second-order valence-corrected chi connectivity index (χ2v) is 5.61. The summed E-state index contributed by atoms with van der Waals surface area (Å²) in [5.74, 6) is 0.953. The summed E-state index contributed by atoms with van der Waals surface area (Å²) in [5, 5.41) is 3.38. The molecule has 3 nitrogen and oxygen atoms in total. The quantitative estimate of drug-likeness (QED) is 0.926. The fourth-order valence-corrected chi connectivity index (χ4v) is 2.64. The third-order valence-corrected chi connectivity index (χ3v) is 3.82. The number of pyridine rings is 1. The van der Waals surface area contributed by atoms with Gasteiger partial charge in [-0.25, -0.2) is 9.37 Å². The molecule has 1 aromatic heterocycles. The highest BCUT2D eigenvalue weighted by Gasteiger charge is 2.21. The maximum Gasteiger partial charge on any atom is 0.166 e. The lowest BCUT2D eigenvalue weighted by molar-refractivity contribution is 0.383. The van der Waals surface area contributed by atoms with Gasteiger partial charge in [0, 0.05) is 23.8 Å². The first kappa shape index (κ1) is 13.7. The van der Waals surface area contributed by atoms with Crippen molar-refractivity contribution in [2.24, 2.45) is 5.92 Å². The normalized spacial score (nSPS) is 17.2. The van der Waals surface area contributed by atoms with E-state index in [1.54, 1.807) is 6.20 Å². The molecule has 0 bridgehead atoms. The maximum absolute atomic E-state index is 13.8. The molecule has 1 N–H and O–H groups in total. The average molecular weight is 316 g/mol. The van der Waals surface area contributed by atoms with Crippen LogP contribution in [0.1, 0.15) is 19.8 Å². The zero-order valence-electron chi connectivity index (χ0n) is 10.6. The fourth-order valence-electron chi connectivity index (χ4n) is 2.34. The molecule has 5 heteroatoms. The Morgan fingerprint density at radius 3 is 2.83 bits per heavy atom. The van der Waals surface area contributed by atoms with E-state index in [2.05, 4.69) is 33.2 Å². The lowest BCUT2D eigenvalue weighted by atomic mass is 9.97. The van der Waals surface area contributed by atoms with Crippen molar-refractivity contribution in [2.75, 3.05) is 31.1 Å². The highest BCUT2D eigenvalue weighted by atomic mass is 79.9. The molecule has 0 radical (unpaired) electrons. The van der Waals surface area contributed by atoms with Gasteiger partial charge in [0.05, 0.1) is 0 Å². The molecule has 0 aliphatic carbocycles. The number of rotatable bonds is 4. The molecule has 0 saturated carbocycles. The van der Waals surface area contributed by atoms with E-state index in [1.165, 1.54) is 6.07 Å². The van der Waals surface area contributed by atoms with Crippen molar-refractivity contribution in [3.63, 3.8) is 0 Å². The van der Waals surface area contributed by atoms with Crippen LogP contribution in [0.5, 0.6) is 0 Å². The first-order valence-electron chi connectivity index (χ1n) is 6.47. The minimum atomic E-state index is -0.241. The Kier molecular flexibility index (Phi) is 4.95. The molecule has 0 spiro atoms. The van der Waals surface area contributed by atoms with E-state index in [-0.39, 0.29) is 5.82 Å². The molecule has 1 fully saturated rings. The largest absolute Gasteiger partial charge is 0.354 e. The van der Waals surface area contributed by atoms with Crippen LogP contribution in [0.2, 0.25) is 0 Å². The molecule has 0 amide bonds. The van der Waals surface area contributed by atoms with Gasteiger partial charge in [-0.1, -0.05) is 6.92 Å². The lowest BCUT2D eigenvalue weighted by Crippen LogP contribution is -2.38. The van der Waals surface area contributed by atoms with Crippen LogP contribution in [-0.4, -0.2) is 31.2 Å². The Hall–Kier alpha value is -0.680. The molecular weight excluding hydrogens is 297 g/mol. The maximum atomic E-state index is 13.8. The summed E-state index contributed by atoms with van der Waals surface area (Å²) in [6, 6.07) is 1.48. The van der Waals surface area contributed by atoms with E-state index < -0.39 is 0 Å². The van der Waals surface area contributed by atoms with Crippen LogP contribution in [-0.2, 0) is 0 Å². The van der Waals surface area contributed by atoms with Crippen molar-refractivity contribution in [1.29, 1.82) is 0 Å². The predicted molar refractivity (Wildman–Crippen MR) is 75.4 cm³/mol. The number of nitrogens with zero attached hydrogens (tertiary/aromatic N) is 2. The number of halogens is 2. The van der Waals surface area contributed by atoms with Crippen LogP contribution >= 0.6 is 15.9 Å². The van der Waals surface area contributed by atoms with Crippen molar-refractivity contribution in [3.05, 3.63) is 22.6 Å². The number of hydrogen-bond acceptors (Lipinski definition) is 3. The Bertz CT molecular complexity index is 392. The smallest absolute Gasteiger partial charge is 0.166 e. The Morgan fingerprint density at radius 2 is 2.22 bits per heavy atom. The van der Waals surface area contributed by atoms with E-state index in [0.29, 0.717) is 16.2 Å². The third kappa shape index (κ3) is 3.42. The van der Waals surface area contributed by atoms with Gasteiger partial charge >= 0.3 is 0 Å². The molecule has 2 heterocycles. The molecule has 1 aliphatic rings. The van der Waals surface area contributed by atoms with Crippen molar-refractivity contribution in [1.82, 2.24) is 10.3 Å². The van der Waals surface area contributed by atoms with Crippen LogP contribution < -0.4 is 10.2 Å². The van der Waals surface area contributed by atoms with Crippen LogP contribution in [0.15, 0.2) is 16.7 Å². The van der Waals surface area contributed by atoms with Gasteiger partial charge in [0.1, 0.15) is 0 Å². The summed E-state index contributed by atoms with van der Waals surface area (Å²) in [7, 11) is 0. The van der Waals surface area contributed by atoms with Crippen LogP contribution in [0.4, 0.5) is 10.2 Å². The molecule has 1 saturated heterocycles. The summed E-state index contributed by atoms with van der Waals surface area (Å²) >= 11 is 3.23. The van der Waals surface area contributed by atoms with E-state index in [4.69, 9.17) is 0 Å². The zero-order valence-corrected chi connectivity index (χ0v) is 12.2. The number of nitrogens with one attached hydrogen (secondary N) is 1. The predicted octanol–water partition coefficient (Wildman–Crippen LogP) is 2.81. The average Bonchev–Trinajstić information content (AvgIpc) is 2.37. The van der Waals surface area contributed by atoms with Gasteiger partial charge in [0.2, 0.25) is 0 Å². The molecule has 1 aromatic rings. The Balaban J connectivity index is 1.93. The third-order valence-electron chi connectivity index (χ3n) is 3.39. The standard InChI is InChI=1S/C13H19BrFN3/c1-2-16-8-10-3-5-18(6-4-10)13-12(15)7-11(14)9-17-13/h7,9-10,16H,2-6,8H2,1H3. The second-order valence-electron chi connectivity index (χ2n) is 4.70. The summed E-state index contributed by atoms with van der Waals surface area (Å²) < 4.78 is 14.5. The van der Waals surface area contributed by atoms with Gasteiger partial charge in [-0.05, 0) is 53.8 Å². The van der Waals surface area contributed by atoms with Crippen molar-refractivity contribution in [2.45, 2.75) is 19.8 Å². The molecule has 0 atom stereocenters. The van der Waals surface area contributed by atoms with E-state index in [9.17, 15) is 4.39 Å². The van der Waals surface area contributed by atoms with Gasteiger partial charge < -0.3 is 10.2 Å². The van der Waals surface area contributed by atoms with Gasteiger partial charge in [-0.3, -0.25) is 0 Å². The summed E-state index contributed by atoms with van der Waals surface area (Å²) in [4.78, 5) is 6.22. The molecule has 0 aromatic carbocycles. The SMILES string of the molecule is CCNCC1CCN(c2ncc(Br)cc2F)CC1. The van der Waals surface area contributed by atoms with Crippen LogP contribution in [0, 0.1) is 11.7 Å². The highest BCUT2D eigenvalue weighted by molar-refractivity contribution is 9.10. The molecule has 0 unspecified atom stereocenters. The number of aromatic nitrogens is 1. The first-order valence-corrected chi connectivity index (χ1v) is 7.26. The topological polar surface area (TPSA) is 28.2 Å². The summed E-state index contributed by atoms with van der Waals surface area (Å²) in [5.41, 5.74) is 0. The minimum absolute atomic E-state index is 0.241. The second kappa shape index (κ2) is 6.48. The summed E-state index contributed by atoms with van der Waals surface area (Å²) in [6.45, 7) is 5.99. The zero-order chi connectivity index (χ0) is 13.0. The molecular formula is C13H19BrFN3. The van der Waals surface area contributed by atoms with Gasteiger partial charge in [0.15, 0.2) is 11.6 Å². The molecule has 2 rings (SSSR count). The van der Waals surface area contributed by atoms with E-state index in [1.807, 2.05) is 4.90 Å². The Morgan fingerprint density at radius 1 is 1.50 bits per heavy atom. The van der Waals surface area contributed by atoms with E-state index >= 15 is 0 Å². The van der Waals surface area contributed by atoms with Gasteiger partial charge in [0.25, 0.3) is 0 Å². The van der Waals surface area contributed by atoms with Crippen molar-refractivity contribution < 1.29 is 4.39 Å². The van der Waals surface area contributed by atoms with Gasteiger partial charge in [-0.15, -0.1) is 0 Å². The van der Waals surface area contributed by atoms with Gasteiger partial charge in [-0.2, -0.15) is 0 Å². The monoisotopic (exact) mass is 315 g/mol. The van der Waals surface area contributed by atoms with Crippen LogP contribution in [0.3, 0.4) is 0 Å². The van der Waals surface area contributed by atoms with E-state index in [0.717, 1.165) is 39.0 Å². The number of anilines is 1. The molecule has 100 valence electrons. The fraction of sp³-hybridized carbons (Fsp3) is 0.615. The minimum Gasteiger partial charge on any atom is -0.354 e. The Labute approximate surface area is 116 Å². The highest BCUT2D eigenvalue weighted by Crippen LogP contribution is 2.25. The molecule has 1 aliphatic heterocycles. The van der Waals surface area contributed by atoms with Crippen LogP contribution in [0.25, 0.3) is 0 Å². The first-order chi connectivity index (χ1) is 8.70. The van der Waals surface area contributed by atoms with Crippen molar-refractivity contribution in [3.8, 4) is 0 Å². The summed E-state index contributed by atoms with van der Waals surface area (Å²) in [6.07, 6.45) is 3.86. The lowest BCUT2D eigenvalue weighted by Gasteiger charge is -2.33. The van der Waals surface area contributed by atoms with Crippen molar-refractivity contribution >= 4 is 21.7 Å². The number of hydrogen-bond donors (Lipinski definition) is 1. The molecule has 18 heavy (non-hydrogen) atoms. The number of piperidine rings is 1.